The first-order valence-electron chi connectivity index (χ1n) is 6.45. The largest absolute Gasteiger partial charge is 0.495 e. The topological polar surface area (TPSA) is 64.6 Å². The number of carbonyl (C=O) groups is 2. The molecule has 5 nitrogen and oxygen atoms in total. The molecule has 0 aliphatic carbocycles. The Hall–Kier alpha value is -2.53. The summed E-state index contributed by atoms with van der Waals surface area (Å²) in [5.74, 6) is -0.515. The van der Waals surface area contributed by atoms with Crippen LogP contribution in [-0.4, -0.2) is 25.6 Å². The maximum Gasteiger partial charge on any atom is 0.338 e. The summed E-state index contributed by atoms with van der Waals surface area (Å²) in [6.07, 6.45) is 0. The number of carbonyl (C=O) groups excluding carboxylic acids is 2. The summed E-state index contributed by atoms with van der Waals surface area (Å²) >= 11 is 5.73. The van der Waals surface area contributed by atoms with Crippen molar-refractivity contribution in [3.8, 4) is 5.75 Å². The lowest BCUT2D eigenvalue weighted by Gasteiger charge is -2.10. The fraction of sp³-hybridized carbons (Fsp3) is 0.125. The number of esters is 1. The Labute approximate surface area is 132 Å². The summed E-state index contributed by atoms with van der Waals surface area (Å²) in [7, 11) is 1.51. The molecule has 0 bridgehead atoms. The molecule has 0 fully saturated rings. The molecule has 0 radical (unpaired) electrons. The van der Waals surface area contributed by atoms with Gasteiger partial charge in [-0.1, -0.05) is 23.7 Å². The molecule has 1 N–H and O–H groups in total. The van der Waals surface area contributed by atoms with Crippen LogP contribution in [0.15, 0.2) is 48.5 Å². The van der Waals surface area contributed by atoms with Gasteiger partial charge in [-0.15, -0.1) is 0 Å². The van der Waals surface area contributed by atoms with Crippen molar-refractivity contribution < 1.29 is 19.1 Å². The number of amides is 1. The molecule has 0 spiro atoms. The molecule has 2 aromatic rings. The molecule has 0 heterocycles. The summed E-state index contributed by atoms with van der Waals surface area (Å²) < 4.78 is 10.1. The Balaban J connectivity index is 1.90. The van der Waals surface area contributed by atoms with Gasteiger partial charge in [-0.2, -0.15) is 0 Å². The third-order valence-electron chi connectivity index (χ3n) is 2.80. The average molecular weight is 320 g/mol. The second-order valence-electron chi connectivity index (χ2n) is 4.33. The molecule has 114 valence electrons. The van der Waals surface area contributed by atoms with Gasteiger partial charge in [0.15, 0.2) is 6.61 Å². The van der Waals surface area contributed by atoms with Crippen molar-refractivity contribution in [3.05, 3.63) is 59.1 Å². The van der Waals surface area contributed by atoms with Crippen LogP contribution in [0, 0.1) is 0 Å². The van der Waals surface area contributed by atoms with Crippen LogP contribution in [0.3, 0.4) is 0 Å². The van der Waals surface area contributed by atoms with Crippen molar-refractivity contribution in [1.29, 1.82) is 0 Å². The summed E-state index contributed by atoms with van der Waals surface area (Å²) in [6.45, 7) is -0.389. The lowest BCUT2D eigenvalue weighted by molar-refractivity contribution is -0.119. The van der Waals surface area contributed by atoms with E-state index in [1.807, 2.05) is 0 Å². The molecular formula is C16H14ClNO4. The predicted octanol–water partition coefficient (Wildman–Crippen LogP) is 3.14. The van der Waals surface area contributed by atoms with Gasteiger partial charge < -0.3 is 14.8 Å². The first kappa shape index (κ1) is 15.9. The Morgan fingerprint density at radius 2 is 1.77 bits per heavy atom. The van der Waals surface area contributed by atoms with E-state index in [4.69, 9.17) is 21.1 Å². The highest BCUT2D eigenvalue weighted by atomic mass is 35.5. The van der Waals surface area contributed by atoms with Gasteiger partial charge in [-0.3, -0.25) is 4.79 Å². The van der Waals surface area contributed by atoms with Gasteiger partial charge in [0.2, 0.25) is 0 Å². The standard InChI is InChI=1S/C16H14ClNO4/c1-21-14-5-3-2-4-13(14)18-15(19)10-22-16(20)11-6-8-12(17)9-7-11/h2-9H,10H2,1H3,(H,18,19). The van der Waals surface area contributed by atoms with Gasteiger partial charge in [-0.05, 0) is 36.4 Å². The molecule has 0 saturated carbocycles. The van der Waals surface area contributed by atoms with Gasteiger partial charge in [0.1, 0.15) is 5.75 Å². The molecule has 0 aliphatic heterocycles. The van der Waals surface area contributed by atoms with E-state index in [2.05, 4.69) is 5.32 Å². The van der Waals surface area contributed by atoms with Crippen LogP contribution >= 0.6 is 11.6 Å². The fourth-order valence-electron chi connectivity index (χ4n) is 1.73. The predicted molar refractivity (Wildman–Crippen MR) is 83.4 cm³/mol. The summed E-state index contributed by atoms with van der Waals surface area (Å²) in [5.41, 5.74) is 0.840. The lowest BCUT2D eigenvalue weighted by atomic mass is 10.2. The van der Waals surface area contributed by atoms with Crippen molar-refractivity contribution in [3.63, 3.8) is 0 Å². The number of hydrogen-bond acceptors (Lipinski definition) is 4. The molecule has 22 heavy (non-hydrogen) atoms. The van der Waals surface area contributed by atoms with Gasteiger partial charge in [0, 0.05) is 5.02 Å². The Morgan fingerprint density at radius 1 is 1.09 bits per heavy atom. The zero-order valence-corrected chi connectivity index (χ0v) is 12.6. The smallest absolute Gasteiger partial charge is 0.338 e. The van der Waals surface area contributed by atoms with Crippen LogP contribution < -0.4 is 10.1 Å². The molecule has 0 aliphatic rings. The minimum Gasteiger partial charge on any atom is -0.495 e. The van der Waals surface area contributed by atoms with Crippen molar-refractivity contribution in [2.45, 2.75) is 0 Å². The molecule has 0 aromatic heterocycles. The monoisotopic (exact) mass is 319 g/mol. The third-order valence-corrected chi connectivity index (χ3v) is 3.05. The fourth-order valence-corrected chi connectivity index (χ4v) is 1.86. The first-order valence-corrected chi connectivity index (χ1v) is 6.83. The summed E-state index contributed by atoms with van der Waals surface area (Å²) in [4.78, 5) is 23.6. The number of benzene rings is 2. The SMILES string of the molecule is COc1ccccc1NC(=O)COC(=O)c1ccc(Cl)cc1. The van der Waals surface area contributed by atoms with E-state index in [1.165, 1.54) is 19.2 Å². The minimum atomic E-state index is -0.591. The van der Waals surface area contributed by atoms with Crippen LogP contribution in [0.25, 0.3) is 0 Å². The van der Waals surface area contributed by atoms with Crippen LogP contribution in [0.2, 0.25) is 5.02 Å². The molecule has 0 saturated heterocycles. The zero-order valence-electron chi connectivity index (χ0n) is 11.8. The maximum atomic E-state index is 11.8. The van der Waals surface area contributed by atoms with E-state index < -0.39 is 11.9 Å². The van der Waals surface area contributed by atoms with E-state index in [0.717, 1.165) is 0 Å². The number of nitrogens with one attached hydrogen (secondary N) is 1. The number of hydrogen-bond donors (Lipinski definition) is 1. The van der Waals surface area contributed by atoms with Crippen LogP contribution in [-0.2, 0) is 9.53 Å². The second kappa shape index (κ2) is 7.47. The van der Waals surface area contributed by atoms with Crippen LogP contribution in [0.4, 0.5) is 5.69 Å². The lowest BCUT2D eigenvalue weighted by Crippen LogP contribution is -2.21. The molecule has 2 rings (SSSR count). The van der Waals surface area contributed by atoms with Gasteiger partial charge in [0.05, 0.1) is 18.4 Å². The van der Waals surface area contributed by atoms with Gasteiger partial charge >= 0.3 is 5.97 Å². The summed E-state index contributed by atoms with van der Waals surface area (Å²) in [5, 5.41) is 3.13. The maximum absolute atomic E-state index is 11.8. The van der Waals surface area contributed by atoms with E-state index in [-0.39, 0.29) is 6.61 Å². The highest BCUT2D eigenvalue weighted by Crippen LogP contribution is 2.22. The third kappa shape index (κ3) is 4.23. The number of ether oxygens (including phenoxy) is 2. The highest BCUT2D eigenvalue weighted by Gasteiger charge is 2.11. The van der Waals surface area contributed by atoms with Gasteiger partial charge in [0.25, 0.3) is 5.91 Å². The Bertz CT molecular complexity index is 670. The molecule has 2 aromatic carbocycles. The average Bonchev–Trinajstić information content (AvgIpc) is 2.54. The normalized spacial score (nSPS) is 9.91. The van der Waals surface area contributed by atoms with E-state index >= 15 is 0 Å². The number of methoxy groups -OCH3 is 1. The highest BCUT2D eigenvalue weighted by molar-refractivity contribution is 6.30. The number of para-hydroxylation sites is 2. The number of anilines is 1. The second-order valence-corrected chi connectivity index (χ2v) is 4.77. The van der Waals surface area contributed by atoms with Crippen molar-refractivity contribution >= 4 is 29.2 Å². The van der Waals surface area contributed by atoms with Crippen molar-refractivity contribution in [2.24, 2.45) is 0 Å². The van der Waals surface area contributed by atoms with E-state index in [9.17, 15) is 9.59 Å². The molecule has 0 unspecified atom stereocenters. The van der Waals surface area contributed by atoms with Crippen LogP contribution in [0.1, 0.15) is 10.4 Å². The minimum absolute atomic E-state index is 0.328. The molecule has 1 amide bonds. The first-order chi connectivity index (χ1) is 10.6. The Kier molecular flexibility index (Phi) is 5.38. The quantitative estimate of drug-likeness (QED) is 0.860. The van der Waals surface area contributed by atoms with E-state index in [1.54, 1.807) is 36.4 Å². The molecule has 0 atom stereocenters. The van der Waals surface area contributed by atoms with Gasteiger partial charge in [-0.25, -0.2) is 4.79 Å². The number of halogens is 1. The molecular weight excluding hydrogens is 306 g/mol. The summed E-state index contributed by atoms with van der Waals surface area (Å²) in [6, 6.07) is 13.2. The van der Waals surface area contributed by atoms with E-state index in [0.29, 0.717) is 22.0 Å². The molecule has 6 heteroatoms. The zero-order chi connectivity index (χ0) is 15.9. The van der Waals surface area contributed by atoms with Crippen molar-refractivity contribution in [2.75, 3.05) is 19.0 Å². The Morgan fingerprint density at radius 3 is 2.45 bits per heavy atom. The number of rotatable bonds is 5. The van der Waals surface area contributed by atoms with Crippen LogP contribution in [0.5, 0.6) is 5.75 Å². The van der Waals surface area contributed by atoms with Crippen molar-refractivity contribution in [1.82, 2.24) is 0 Å².